The van der Waals surface area contributed by atoms with E-state index >= 15 is 0 Å². The third-order valence-corrected chi connectivity index (χ3v) is 4.38. The van der Waals surface area contributed by atoms with Crippen molar-refractivity contribution in [3.63, 3.8) is 0 Å². The molecule has 0 saturated carbocycles. The van der Waals surface area contributed by atoms with Crippen LogP contribution in [0.3, 0.4) is 0 Å². The Bertz CT molecular complexity index is 522. The molecule has 0 radical (unpaired) electrons. The Balaban J connectivity index is 1.59. The van der Waals surface area contributed by atoms with E-state index in [2.05, 4.69) is 37.5 Å². The number of hydrogen-bond donors (Lipinski definition) is 1. The first-order valence-electron chi connectivity index (χ1n) is 5.73. The van der Waals surface area contributed by atoms with Crippen LogP contribution in [0.1, 0.15) is 29.7 Å². The largest absolute Gasteiger partial charge is 0.405 e. The van der Waals surface area contributed by atoms with E-state index < -0.39 is 0 Å². The van der Waals surface area contributed by atoms with Crippen LogP contribution >= 0.6 is 27.3 Å². The number of ether oxygens (including phenoxy) is 1. The first kappa shape index (κ1) is 12.1. The van der Waals surface area contributed by atoms with E-state index in [4.69, 9.17) is 9.15 Å². The van der Waals surface area contributed by atoms with Crippen LogP contribution in [0.15, 0.2) is 20.3 Å². The first-order chi connectivity index (χ1) is 8.81. The fraction of sp³-hybridized carbons (Fsp3) is 0.455. The van der Waals surface area contributed by atoms with Gasteiger partial charge in [0, 0.05) is 21.3 Å². The third kappa shape index (κ3) is 2.73. The summed E-state index contributed by atoms with van der Waals surface area (Å²) in [6.45, 7) is 1.46. The van der Waals surface area contributed by atoms with Crippen LogP contribution in [0.4, 0.5) is 6.01 Å². The second-order valence-electron chi connectivity index (χ2n) is 4.03. The molecule has 0 unspecified atom stereocenters. The van der Waals surface area contributed by atoms with Crippen LogP contribution in [-0.4, -0.2) is 16.8 Å². The highest BCUT2D eigenvalue weighted by atomic mass is 79.9. The number of thiophene rings is 1. The lowest BCUT2D eigenvalue weighted by molar-refractivity contribution is 0.0897. The Kier molecular flexibility index (Phi) is 3.62. The molecule has 18 heavy (non-hydrogen) atoms. The molecule has 96 valence electrons. The highest BCUT2D eigenvalue weighted by Gasteiger charge is 2.23. The number of aromatic nitrogens is 2. The number of anilines is 1. The summed E-state index contributed by atoms with van der Waals surface area (Å²) in [5, 5.41) is 13.1. The monoisotopic (exact) mass is 329 g/mol. The SMILES string of the molecule is Brc1csc(CNc2nnc([C@H]3CCCO3)o2)c1. The minimum Gasteiger partial charge on any atom is -0.405 e. The van der Waals surface area contributed by atoms with Crippen molar-refractivity contribution in [2.75, 3.05) is 11.9 Å². The second-order valence-corrected chi connectivity index (χ2v) is 5.94. The average molecular weight is 330 g/mol. The molecule has 2 aromatic rings. The van der Waals surface area contributed by atoms with Gasteiger partial charge in [0.15, 0.2) is 0 Å². The maximum atomic E-state index is 5.53. The lowest BCUT2D eigenvalue weighted by Gasteiger charge is -2.02. The molecule has 3 heterocycles. The molecule has 2 aromatic heterocycles. The van der Waals surface area contributed by atoms with Gasteiger partial charge in [-0.3, -0.25) is 0 Å². The maximum absolute atomic E-state index is 5.53. The van der Waals surface area contributed by atoms with Gasteiger partial charge in [-0.1, -0.05) is 5.10 Å². The molecule has 1 N–H and O–H groups in total. The molecule has 7 heteroatoms. The lowest BCUT2D eigenvalue weighted by Crippen LogP contribution is -1.97. The van der Waals surface area contributed by atoms with Gasteiger partial charge in [-0.05, 0) is 34.8 Å². The molecular formula is C11H12BrN3O2S. The lowest BCUT2D eigenvalue weighted by atomic mass is 10.2. The summed E-state index contributed by atoms with van der Waals surface area (Å²) >= 11 is 5.10. The number of nitrogens with zero attached hydrogens (tertiary/aromatic N) is 2. The van der Waals surface area contributed by atoms with Crippen molar-refractivity contribution in [3.05, 3.63) is 26.7 Å². The van der Waals surface area contributed by atoms with Gasteiger partial charge in [0.25, 0.3) is 0 Å². The fourth-order valence-electron chi connectivity index (χ4n) is 1.82. The molecule has 1 saturated heterocycles. The number of halogens is 1. The van der Waals surface area contributed by atoms with Gasteiger partial charge < -0.3 is 14.5 Å². The van der Waals surface area contributed by atoms with E-state index in [0.717, 1.165) is 23.9 Å². The van der Waals surface area contributed by atoms with Crippen LogP contribution in [0.2, 0.25) is 0 Å². The predicted octanol–water partition coefficient (Wildman–Crippen LogP) is 3.36. The normalized spacial score (nSPS) is 19.3. The Morgan fingerprint density at radius 3 is 3.17 bits per heavy atom. The Hall–Kier alpha value is -0.920. The molecule has 1 aliphatic rings. The molecule has 0 aliphatic carbocycles. The Morgan fingerprint density at radius 1 is 1.50 bits per heavy atom. The topological polar surface area (TPSA) is 60.2 Å². The maximum Gasteiger partial charge on any atom is 0.315 e. The number of nitrogens with one attached hydrogen (secondary N) is 1. The van der Waals surface area contributed by atoms with Crippen LogP contribution in [-0.2, 0) is 11.3 Å². The van der Waals surface area contributed by atoms with Crippen LogP contribution in [0.25, 0.3) is 0 Å². The Labute approximate surface area is 117 Å². The zero-order valence-electron chi connectivity index (χ0n) is 9.56. The van der Waals surface area contributed by atoms with E-state index in [-0.39, 0.29) is 6.10 Å². The van der Waals surface area contributed by atoms with Gasteiger partial charge in [-0.25, -0.2) is 0 Å². The summed E-state index contributed by atoms with van der Waals surface area (Å²) in [4.78, 5) is 1.21. The summed E-state index contributed by atoms with van der Waals surface area (Å²) in [6, 6.07) is 2.51. The number of hydrogen-bond acceptors (Lipinski definition) is 6. The van der Waals surface area contributed by atoms with E-state index in [9.17, 15) is 0 Å². The van der Waals surface area contributed by atoms with Crippen molar-refractivity contribution >= 4 is 33.3 Å². The van der Waals surface area contributed by atoms with Gasteiger partial charge in [0.05, 0.1) is 6.54 Å². The van der Waals surface area contributed by atoms with E-state index in [1.54, 1.807) is 11.3 Å². The van der Waals surface area contributed by atoms with Gasteiger partial charge in [-0.15, -0.1) is 16.4 Å². The molecule has 1 atom stereocenters. The van der Waals surface area contributed by atoms with Crippen molar-refractivity contribution in [1.82, 2.24) is 10.2 Å². The minimum atomic E-state index is -0.0241. The number of rotatable bonds is 4. The zero-order chi connectivity index (χ0) is 12.4. The molecule has 5 nitrogen and oxygen atoms in total. The summed E-state index contributed by atoms with van der Waals surface area (Å²) in [7, 11) is 0. The summed E-state index contributed by atoms with van der Waals surface area (Å²) in [6.07, 6.45) is 1.99. The first-order valence-corrected chi connectivity index (χ1v) is 7.40. The van der Waals surface area contributed by atoms with Crippen molar-refractivity contribution < 1.29 is 9.15 Å². The van der Waals surface area contributed by atoms with E-state index in [0.29, 0.717) is 18.5 Å². The van der Waals surface area contributed by atoms with Crippen LogP contribution < -0.4 is 5.32 Å². The third-order valence-electron chi connectivity index (χ3n) is 2.68. The Morgan fingerprint density at radius 2 is 2.44 bits per heavy atom. The van der Waals surface area contributed by atoms with Crippen LogP contribution in [0.5, 0.6) is 0 Å². The molecule has 0 aromatic carbocycles. The summed E-state index contributed by atoms with van der Waals surface area (Å²) in [5.41, 5.74) is 0. The van der Waals surface area contributed by atoms with Crippen molar-refractivity contribution in [1.29, 1.82) is 0 Å². The van der Waals surface area contributed by atoms with Gasteiger partial charge >= 0.3 is 6.01 Å². The molecule has 1 fully saturated rings. The molecule has 0 spiro atoms. The van der Waals surface area contributed by atoms with E-state index in [1.165, 1.54) is 4.88 Å². The zero-order valence-corrected chi connectivity index (χ0v) is 12.0. The fourth-order valence-corrected chi connectivity index (χ4v) is 3.21. The summed E-state index contributed by atoms with van der Waals surface area (Å²) < 4.78 is 12.1. The summed E-state index contributed by atoms with van der Waals surface area (Å²) in [5.74, 6) is 0.572. The molecule has 1 aliphatic heterocycles. The average Bonchev–Trinajstić information content (AvgIpc) is 3.07. The minimum absolute atomic E-state index is 0.0241. The second kappa shape index (κ2) is 5.38. The van der Waals surface area contributed by atoms with Gasteiger partial charge in [-0.2, -0.15) is 0 Å². The van der Waals surface area contributed by atoms with Crippen molar-refractivity contribution in [2.45, 2.75) is 25.5 Å². The molecular weight excluding hydrogens is 318 g/mol. The molecule has 3 rings (SSSR count). The highest BCUT2D eigenvalue weighted by Crippen LogP contribution is 2.28. The molecule has 0 bridgehead atoms. The molecule has 0 amide bonds. The standard InChI is InChI=1S/C11H12BrN3O2S/c12-7-4-8(18-6-7)5-13-11-15-14-10(17-11)9-2-1-3-16-9/h4,6,9H,1-3,5H2,(H,13,15)/t9-/m1/s1. The van der Waals surface area contributed by atoms with E-state index in [1.807, 2.05) is 5.38 Å². The highest BCUT2D eigenvalue weighted by molar-refractivity contribution is 9.10. The van der Waals surface area contributed by atoms with Crippen LogP contribution in [0, 0.1) is 0 Å². The van der Waals surface area contributed by atoms with Gasteiger partial charge in [0.1, 0.15) is 6.10 Å². The quantitative estimate of drug-likeness (QED) is 0.931. The van der Waals surface area contributed by atoms with Crippen molar-refractivity contribution in [3.8, 4) is 0 Å². The van der Waals surface area contributed by atoms with Gasteiger partial charge in [0.2, 0.25) is 5.89 Å². The van der Waals surface area contributed by atoms with Crippen molar-refractivity contribution in [2.24, 2.45) is 0 Å². The smallest absolute Gasteiger partial charge is 0.315 e. The predicted molar refractivity (Wildman–Crippen MR) is 71.6 cm³/mol.